The van der Waals surface area contributed by atoms with Gasteiger partial charge in [-0.3, -0.25) is 14.5 Å². The molecule has 0 spiro atoms. The number of fused-ring (bicyclic) bond motifs is 1. The minimum Gasteiger partial charge on any atom is -0.369 e. The summed E-state index contributed by atoms with van der Waals surface area (Å²) in [5.41, 5.74) is 6.37. The second-order valence-electron chi connectivity index (χ2n) is 7.06. The van der Waals surface area contributed by atoms with Gasteiger partial charge in [-0.1, -0.05) is 41.0 Å². The second-order valence-corrected chi connectivity index (χ2v) is 8.98. The molecule has 1 aromatic heterocycles. The lowest BCUT2D eigenvalue weighted by Crippen LogP contribution is -2.45. The number of aryl methyl sites for hydroxylation is 1. The molecule has 0 aliphatic carbocycles. The van der Waals surface area contributed by atoms with Crippen molar-refractivity contribution in [2.75, 3.05) is 13.1 Å². The molecule has 1 amide bonds. The monoisotopic (exact) mass is 439 g/mol. The number of carbonyl (C=O) groups is 2. The molecule has 1 saturated heterocycles. The molecule has 0 radical (unpaired) electrons. The average molecular weight is 440 g/mol. The lowest BCUT2D eigenvalue weighted by Gasteiger charge is -2.38. The van der Waals surface area contributed by atoms with Crippen LogP contribution < -0.4 is 5.73 Å². The predicted octanol–water partition coefficient (Wildman–Crippen LogP) is 2.95. The van der Waals surface area contributed by atoms with Gasteiger partial charge in [0.1, 0.15) is 11.1 Å². The summed E-state index contributed by atoms with van der Waals surface area (Å²) in [4.78, 5) is 31.2. The Bertz CT molecular complexity index is 942. The molecule has 2 N–H and O–H groups in total. The minimum atomic E-state index is -0.405. The number of likely N-dealkylation sites (tertiary alicyclic amines) is 1. The van der Waals surface area contributed by atoms with Crippen LogP contribution in [0.1, 0.15) is 35.1 Å². The number of carbonyl (C=O) groups excluding carboxylic acids is 2. The van der Waals surface area contributed by atoms with E-state index >= 15 is 0 Å². The van der Waals surface area contributed by atoms with Gasteiger partial charge in [0.15, 0.2) is 5.16 Å². The Morgan fingerprint density at radius 2 is 2.00 bits per heavy atom. The number of hydrogen-bond acceptors (Lipinski definition) is 6. The molecule has 2 unspecified atom stereocenters. The summed E-state index contributed by atoms with van der Waals surface area (Å²) in [6.07, 6.45) is 1.33. The number of halogens is 2. The normalized spacial score (nSPS) is 21.7. The molecule has 4 rings (SSSR count). The third-order valence-corrected chi connectivity index (χ3v) is 7.19. The maximum atomic E-state index is 13.1. The van der Waals surface area contributed by atoms with Crippen molar-refractivity contribution < 1.29 is 9.59 Å². The summed E-state index contributed by atoms with van der Waals surface area (Å²) in [5.74, 6) is 0.0746. The van der Waals surface area contributed by atoms with Crippen molar-refractivity contribution >= 4 is 46.8 Å². The number of benzene rings is 1. The molecule has 10 heteroatoms. The Balaban J connectivity index is 1.66. The van der Waals surface area contributed by atoms with Crippen LogP contribution in [0.25, 0.3) is 0 Å². The van der Waals surface area contributed by atoms with Gasteiger partial charge in [-0.25, -0.2) is 4.98 Å². The quantitative estimate of drug-likeness (QED) is 0.786. The van der Waals surface area contributed by atoms with Gasteiger partial charge in [0, 0.05) is 5.92 Å². The van der Waals surface area contributed by atoms with Crippen molar-refractivity contribution in [2.45, 2.75) is 36.2 Å². The van der Waals surface area contributed by atoms with Crippen molar-refractivity contribution in [3.8, 4) is 0 Å². The zero-order valence-electron chi connectivity index (χ0n) is 15.1. The van der Waals surface area contributed by atoms with Crippen LogP contribution in [0.15, 0.2) is 23.4 Å². The summed E-state index contributed by atoms with van der Waals surface area (Å²) in [6, 6.07) is 5.22. The molecule has 0 bridgehead atoms. The van der Waals surface area contributed by atoms with Crippen molar-refractivity contribution in [1.82, 2.24) is 19.7 Å². The van der Waals surface area contributed by atoms with Crippen molar-refractivity contribution in [3.63, 3.8) is 0 Å². The number of aromatic nitrogens is 3. The van der Waals surface area contributed by atoms with Crippen LogP contribution >= 0.6 is 35.0 Å². The molecule has 2 aliphatic heterocycles. The van der Waals surface area contributed by atoms with E-state index in [4.69, 9.17) is 28.9 Å². The maximum absolute atomic E-state index is 13.1. The molecule has 28 heavy (non-hydrogen) atoms. The van der Waals surface area contributed by atoms with Crippen LogP contribution in [0.4, 0.5) is 0 Å². The fourth-order valence-corrected chi connectivity index (χ4v) is 5.44. The number of rotatable bonds is 4. The number of piperidine rings is 1. The SMILES string of the molecule is Cc1nc2n(n1)C(=O)C(C(c1ccc(Cl)c(Cl)c1)N1CCC(C(N)=O)CC1)S2. The van der Waals surface area contributed by atoms with Gasteiger partial charge in [-0.05, 0) is 50.6 Å². The van der Waals surface area contributed by atoms with E-state index in [1.54, 1.807) is 13.0 Å². The number of hydrogen-bond donors (Lipinski definition) is 1. The fraction of sp³-hybridized carbons (Fsp3) is 0.444. The van der Waals surface area contributed by atoms with Gasteiger partial charge in [0.05, 0.1) is 16.1 Å². The molecule has 1 fully saturated rings. The molecule has 0 saturated carbocycles. The number of amides is 1. The van der Waals surface area contributed by atoms with E-state index in [0.29, 0.717) is 47.0 Å². The molecule has 1 aromatic carbocycles. The van der Waals surface area contributed by atoms with Gasteiger partial charge < -0.3 is 5.73 Å². The van der Waals surface area contributed by atoms with E-state index < -0.39 is 5.25 Å². The Morgan fingerprint density at radius 3 is 2.61 bits per heavy atom. The maximum Gasteiger partial charge on any atom is 0.264 e. The lowest BCUT2D eigenvalue weighted by molar-refractivity contribution is -0.123. The van der Waals surface area contributed by atoms with Crippen LogP contribution in [0.2, 0.25) is 10.0 Å². The highest BCUT2D eigenvalue weighted by Gasteiger charge is 2.43. The molecule has 2 atom stereocenters. The zero-order valence-corrected chi connectivity index (χ0v) is 17.5. The Labute approximate surface area is 176 Å². The first-order valence-electron chi connectivity index (χ1n) is 8.98. The third kappa shape index (κ3) is 3.54. The van der Waals surface area contributed by atoms with Gasteiger partial charge in [-0.2, -0.15) is 4.68 Å². The van der Waals surface area contributed by atoms with Gasteiger partial charge in [0.25, 0.3) is 5.91 Å². The summed E-state index contributed by atoms with van der Waals surface area (Å²) in [5, 5.41) is 5.32. The minimum absolute atomic E-state index is 0.103. The molecule has 2 aromatic rings. The van der Waals surface area contributed by atoms with Crippen molar-refractivity contribution in [1.29, 1.82) is 0 Å². The number of nitrogens with two attached hydrogens (primary N) is 1. The highest BCUT2D eigenvalue weighted by Crippen LogP contribution is 2.43. The smallest absolute Gasteiger partial charge is 0.264 e. The molecule has 148 valence electrons. The first-order chi connectivity index (χ1) is 13.3. The first-order valence-corrected chi connectivity index (χ1v) is 10.6. The molecule has 3 heterocycles. The van der Waals surface area contributed by atoms with Crippen LogP contribution in [0.5, 0.6) is 0 Å². The van der Waals surface area contributed by atoms with Gasteiger partial charge in [-0.15, -0.1) is 5.10 Å². The molecule has 2 aliphatic rings. The molecule has 7 nitrogen and oxygen atoms in total. The van der Waals surface area contributed by atoms with Crippen LogP contribution in [-0.2, 0) is 4.79 Å². The molecular weight excluding hydrogens is 421 g/mol. The highest BCUT2D eigenvalue weighted by molar-refractivity contribution is 8.00. The summed E-state index contributed by atoms with van der Waals surface area (Å²) in [7, 11) is 0. The van der Waals surface area contributed by atoms with Gasteiger partial charge >= 0.3 is 0 Å². The van der Waals surface area contributed by atoms with Crippen molar-refractivity contribution in [3.05, 3.63) is 39.6 Å². The topological polar surface area (TPSA) is 94.1 Å². The van der Waals surface area contributed by atoms with E-state index in [1.165, 1.54) is 16.4 Å². The fourth-order valence-electron chi connectivity index (χ4n) is 3.84. The molecular formula is C18H19Cl2N5O2S. The number of nitrogens with zero attached hydrogens (tertiary/aromatic N) is 4. The standard InChI is InChI=1S/C18H19Cl2N5O2S/c1-9-22-18-25(23-9)17(27)15(28-18)14(11-2-3-12(19)13(20)8-11)24-6-4-10(5-7-24)16(21)26/h2-3,8,10,14-15H,4-7H2,1H3,(H2,21,26). The van der Waals surface area contributed by atoms with Gasteiger partial charge in [0.2, 0.25) is 5.91 Å². The number of primary amides is 1. The van der Waals surface area contributed by atoms with E-state index in [-0.39, 0.29) is 23.8 Å². The second kappa shape index (κ2) is 7.67. The number of thioether (sulfide) groups is 1. The highest BCUT2D eigenvalue weighted by atomic mass is 35.5. The van der Waals surface area contributed by atoms with Crippen LogP contribution in [-0.4, -0.2) is 49.8 Å². The summed E-state index contributed by atoms with van der Waals surface area (Å²) < 4.78 is 1.38. The summed E-state index contributed by atoms with van der Waals surface area (Å²) >= 11 is 13.8. The largest absolute Gasteiger partial charge is 0.369 e. The van der Waals surface area contributed by atoms with E-state index in [1.807, 2.05) is 12.1 Å². The Hall–Kier alpha value is -1.61. The predicted molar refractivity (Wildman–Crippen MR) is 108 cm³/mol. The van der Waals surface area contributed by atoms with Crippen LogP contribution in [0, 0.1) is 12.8 Å². The van der Waals surface area contributed by atoms with E-state index in [0.717, 1.165) is 5.56 Å². The summed E-state index contributed by atoms with van der Waals surface area (Å²) in [6.45, 7) is 3.09. The third-order valence-electron chi connectivity index (χ3n) is 5.27. The van der Waals surface area contributed by atoms with Crippen LogP contribution in [0.3, 0.4) is 0 Å². The Kier molecular flexibility index (Phi) is 5.39. The van der Waals surface area contributed by atoms with Crippen molar-refractivity contribution in [2.24, 2.45) is 11.7 Å². The van der Waals surface area contributed by atoms with E-state index in [9.17, 15) is 9.59 Å². The zero-order chi connectivity index (χ0) is 20.0. The lowest BCUT2D eigenvalue weighted by atomic mass is 9.92. The average Bonchev–Trinajstić information content (AvgIpc) is 3.16. The Morgan fingerprint density at radius 1 is 1.29 bits per heavy atom. The van der Waals surface area contributed by atoms with E-state index in [2.05, 4.69) is 15.0 Å². The first kappa shape index (κ1) is 19.7.